The summed E-state index contributed by atoms with van der Waals surface area (Å²) in [4.78, 5) is 2.41. The molecule has 68 heavy (non-hydrogen) atoms. The second-order valence-electron chi connectivity index (χ2n) is 17.7. The van der Waals surface area contributed by atoms with Crippen molar-refractivity contribution in [2.45, 2.75) is 0 Å². The van der Waals surface area contributed by atoms with E-state index in [9.17, 15) is 0 Å². The first-order chi connectivity index (χ1) is 33.7. The Morgan fingerprint density at radius 3 is 1.40 bits per heavy atom. The first kappa shape index (κ1) is 39.4. The summed E-state index contributed by atoms with van der Waals surface area (Å²) in [5.41, 5.74) is 16.2. The summed E-state index contributed by atoms with van der Waals surface area (Å²) in [5.74, 6) is 0. The summed E-state index contributed by atoms with van der Waals surface area (Å²) in [5, 5.41) is 9.91. The molecule has 2 nitrogen and oxygen atoms in total. The number of para-hydroxylation sites is 1. The van der Waals surface area contributed by atoms with Crippen LogP contribution in [-0.2, 0) is 0 Å². The smallest absolute Gasteiger partial charge is 0.0619 e. The van der Waals surface area contributed by atoms with Gasteiger partial charge in [-0.05, 0) is 120 Å². The number of rotatable bonds is 8. The van der Waals surface area contributed by atoms with Crippen LogP contribution in [0.1, 0.15) is 0 Å². The van der Waals surface area contributed by atoms with E-state index in [2.05, 4.69) is 276 Å². The molecule has 0 saturated carbocycles. The van der Waals surface area contributed by atoms with Crippen LogP contribution in [0.2, 0.25) is 0 Å². The maximum absolute atomic E-state index is 2.49. The van der Waals surface area contributed by atoms with Crippen molar-refractivity contribution in [2.24, 2.45) is 0 Å². The van der Waals surface area contributed by atoms with E-state index in [1.165, 1.54) is 87.5 Å². The van der Waals surface area contributed by atoms with Gasteiger partial charge >= 0.3 is 0 Å². The van der Waals surface area contributed by atoms with Crippen molar-refractivity contribution in [2.75, 3.05) is 4.90 Å². The second-order valence-corrected chi connectivity index (χ2v) is 17.7. The van der Waals surface area contributed by atoms with Gasteiger partial charge in [-0.15, -0.1) is 0 Å². The summed E-state index contributed by atoms with van der Waals surface area (Å²) in [6.07, 6.45) is 0. The lowest BCUT2D eigenvalue weighted by molar-refractivity contribution is 1.19. The van der Waals surface area contributed by atoms with E-state index < -0.39 is 0 Å². The molecule has 0 amide bonds. The zero-order valence-electron chi connectivity index (χ0n) is 37.3. The number of benzene rings is 12. The topological polar surface area (TPSA) is 8.17 Å². The lowest BCUT2D eigenvalue weighted by Crippen LogP contribution is -2.10. The highest BCUT2D eigenvalue weighted by atomic mass is 15.1. The minimum Gasteiger partial charge on any atom is -0.310 e. The summed E-state index contributed by atoms with van der Waals surface area (Å²) >= 11 is 0. The van der Waals surface area contributed by atoms with Crippen LogP contribution < -0.4 is 4.90 Å². The zero-order valence-corrected chi connectivity index (χ0v) is 37.3. The molecule has 0 aliphatic carbocycles. The highest BCUT2D eigenvalue weighted by Crippen LogP contribution is 2.44. The molecule has 0 spiro atoms. The molecule has 0 aliphatic rings. The normalized spacial score (nSPS) is 11.5. The van der Waals surface area contributed by atoms with E-state index in [-0.39, 0.29) is 0 Å². The molecule has 318 valence electrons. The molecule has 0 N–H and O–H groups in total. The lowest BCUT2D eigenvalue weighted by atomic mass is 9.96. The van der Waals surface area contributed by atoms with Crippen LogP contribution in [-0.4, -0.2) is 4.57 Å². The van der Waals surface area contributed by atoms with Crippen molar-refractivity contribution in [3.8, 4) is 50.2 Å². The lowest BCUT2D eigenvalue weighted by Gasteiger charge is -2.27. The predicted octanol–water partition coefficient (Wildman–Crippen LogP) is 18.4. The van der Waals surface area contributed by atoms with Gasteiger partial charge in [0, 0.05) is 38.8 Å². The van der Waals surface area contributed by atoms with Crippen LogP contribution in [0.5, 0.6) is 0 Å². The Labute approximate surface area is 395 Å². The van der Waals surface area contributed by atoms with E-state index in [4.69, 9.17) is 0 Å². The Kier molecular flexibility index (Phi) is 9.54. The van der Waals surface area contributed by atoms with Gasteiger partial charge in [-0.1, -0.05) is 212 Å². The quantitative estimate of drug-likeness (QED) is 0.148. The van der Waals surface area contributed by atoms with Crippen LogP contribution in [0.15, 0.2) is 267 Å². The molecule has 1 heterocycles. The molecule has 0 fully saturated rings. The van der Waals surface area contributed by atoms with Gasteiger partial charge in [-0.25, -0.2) is 0 Å². The first-order valence-corrected chi connectivity index (χ1v) is 23.4. The Balaban J connectivity index is 1.00. The largest absolute Gasteiger partial charge is 0.310 e. The van der Waals surface area contributed by atoms with Gasteiger partial charge < -0.3 is 9.47 Å². The maximum atomic E-state index is 2.49. The molecule has 0 bridgehead atoms. The van der Waals surface area contributed by atoms with E-state index in [1.807, 2.05) is 0 Å². The number of aromatic nitrogens is 1. The summed E-state index contributed by atoms with van der Waals surface area (Å²) in [6, 6.07) is 97.6. The minimum absolute atomic E-state index is 1.07. The van der Waals surface area contributed by atoms with Gasteiger partial charge in [0.2, 0.25) is 0 Å². The van der Waals surface area contributed by atoms with Crippen molar-refractivity contribution in [3.63, 3.8) is 0 Å². The molecular weight excluding hydrogens is 821 g/mol. The van der Waals surface area contributed by atoms with Gasteiger partial charge in [0.1, 0.15) is 0 Å². The molecule has 0 unspecified atom stereocenters. The van der Waals surface area contributed by atoms with Gasteiger partial charge in [0.05, 0.1) is 16.7 Å². The number of fused-ring (bicyclic) bond motifs is 7. The third-order valence-electron chi connectivity index (χ3n) is 13.8. The molecule has 2 heteroatoms. The molecule has 0 aliphatic heterocycles. The average molecular weight is 865 g/mol. The summed E-state index contributed by atoms with van der Waals surface area (Å²) in [7, 11) is 0. The van der Waals surface area contributed by atoms with Crippen LogP contribution >= 0.6 is 0 Å². The minimum atomic E-state index is 1.07. The average Bonchev–Trinajstić information content (AvgIpc) is 3.76. The number of hydrogen-bond acceptors (Lipinski definition) is 1. The molecule has 1 aromatic heterocycles. The molecule has 0 radical (unpaired) electrons. The fourth-order valence-corrected chi connectivity index (χ4v) is 10.6. The van der Waals surface area contributed by atoms with Crippen LogP contribution in [0.3, 0.4) is 0 Å². The number of nitrogens with zero attached hydrogens (tertiary/aromatic N) is 2. The van der Waals surface area contributed by atoms with Crippen molar-refractivity contribution in [1.29, 1.82) is 0 Å². The van der Waals surface area contributed by atoms with Gasteiger partial charge in [-0.2, -0.15) is 0 Å². The molecule has 12 aromatic carbocycles. The molecule has 0 saturated heterocycles. The first-order valence-electron chi connectivity index (χ1n) is 23.4. The summed E-state index contributed by atoms with van der Waals surface area (Å²) < 4.78 is 2.49. The Hall–Kier alpha value is -8.98. The van der Waals surface area contributed by atoms with Gasteiger partial charge in [0.25, 0.3) is 0 Å². The van der Waals surface area contributed by atoms with E-state index in [1.54, 1.807) is 0 Å². The predicted molar refractivity (Wildman–Crippen MR) is 290 cm³/mol. The number of hydrogen-bond donors (Lipinski definition) is 0. The zero-order chi connectivity index (χ0) is 45.0. The fraction of sp³-hybridized carbons (Fsp3) is 0. The highest BCUT2D eigenvalue weighted by molar-refractivity contribution is 6.19. The van der Waals surface area contributed by atoms with Gasteiger partial charge in [-0.3, -0.25) is 0 Å². The fourth-order valence-electron chi connectivity index (χ4n) is 10.6. The van der Waals surface area contributed by atoms with Crippen molar-refractivity contribution >= 4 is 71.2 Å². The Morgan fingerprint density at radius 2 is 0.750 bits per heavy atom. The van der Waals surface area contributed by atoms with Crippen molar-refractivity contribution in [1.82, 2.24) is 4.57 Å². The monoisotopic (exact) mass is 864 g/mol. The highest BCUT2D eigenvalue weighted by Gasteiger charge is 2.20. The molecule has 13 rings (SSSR count). The molecular formula is C66H44N2. The maximum Gasteiger partial charge on any atom is 0.0619 e. The van der Waals surface area contributed by atoms with Gasteiger partial charge in [0.15, 0.2) is 0 Å². The molecule has 13 aromatic rings. The van der Waals surface area contributed by atoms with Crippen molar-refractivity contribution in [3.05, 3.63) is 267 Å². The van der Waals surface area contributed by atoms with E-state index in [0.29, 0.717) is 0 Å². The van der Waals surface area contributed by atoms with E-state index in [0.717, 1.165) is 33.9 Å². The Bertz CT molecular complexity index is 3900. The SMILES string of the molecule is c1ccc(-c2ccc(-n3c4ccccc4c4ccc5ccccc5c43)c(-c3ccc(N(c4cccc(-c5cccc6ccccc56)c4)c4cccc(-c5cccc6ccccc56)c4)cc3)c2)cc1. The number of anilines is 3. The summed E-state index contributed by atoms with van der Waals surface area (Å²) in [6.45, 7) is 0. The van der Waals surface area contributed by atoms with Crippen LogP contribution in [0.4, 0.5) is 17.1 Å². The van der Waals surface area contributed by atoms with E-state index >= 15 is 0 Å². The van der Waals surface area contributed by atoms with Crippen molar-refractivity contribution < 1.29 is 0 Å². The second kappa shape index (κ2) is 16.5. The van der Waals surface area contributed by atoms with Crippen LogP contribution in [0, 0.1) is 0 Å². The Morgan fingerprint density at radius 1 is 0.250 bits per heavy atom. The van der Waals surface area contributed by atoms with Crippen LogP contribution in [0.25, 0.3) is 104 Å². The third-order valence-corrected chi connectivity index (χ3v) is 13.8. The molecule has 0 atom stereocenters. The standard InChI is InChI=1S/C66H44N2/c1-2-16-45(17-3-1)50-37-41-65(68-64-33-11-10-30-61(64)62-40-36-48-20-6-9-29-60(48)66(62)68)63(44-50)49-34-38-53(39-35-49)67(54-25-12-23-51(42-54)58-31-14-21-46-18-4-7-27-56(46)58)55-26-13-24-52(43-55)59-32-15-22-47-19-5-8-28-57(47)59/h1-44H. The third kappa shape index (κ3) is 6.73.